The van der Waals surface area contributed by atoms with Crippen molar-refractivity contribution in [3.63, 3.8) is 0 Å². The molecule has 0 fully saturated rings. The molecule has 18 heavy (non-hydrogen) atoms. The second-order valence-electron chi connectivity index (χ2n) is 4.13. The van der Waals surface area contributed by atoms with E-state index in [1.807, 2.05) is 42.5 Å². The first-order valence-corrected chi connectivity index (χ1v) is 5.90. The lowest BCUT2D eigenvalue weighted by molar-refractivity contribution is -0.107. The summed E-state index contributed by atoms with van der Waals surface area (Å²) in [5.74, 6) is 0. The molecule has 0 saturated carbocycles. The fraction of sp³-hybridized carbons (Fsp3) is 0.0625. The Morgan fingerprint density at radius 3 is 2.72 bits per heavy atom. The maximum absolute atomic E-state index is 10.3. The third-order valence-corrected chi connectivity index (χ3v) is 2.96. The van der Waals surface area contributed by atoms with Gasteiger partial charge in [-0.3, -0.25) is 0 Å². The molecule has 0 spiro atoms. The molecule has 0 atom stereocenters. The zero-order chi connectivity index (χ0) is 12.4. The molecular formula is C16H12O2. The quantitative estimate of drug-likeness (QED) is 0.638. The van der Waals surface area contributed by atoms with Crippen LogP contribution in [-0.2, 0) is 4.79 Å². The molecule has 3 aromatic rings. The Bertz CT molecular complexity index is 735. The Labute approximate surface area is 105 Å². The average Bonchev–Trinajstić information content (AvgIpc) is 2.79. The number of fused-ring (bicyclic) bond motifs is 3. The van der Waals surface area contributed by atoms with Crippen molar-refractivity contribution < 1.29 is 9.21 Å². The minimum Gasteiger partial charge on any atom is -0.455 e. The molecule has 1 aromatic heterocycles. The lowest BCUT2D eigenvalue weighted by Gasteiger charge is -1.94. The molecule has 0 N–H and O–H groups in total. The lowest BCUT2D eigenvalue weighted by atomic mass is 10.1. The SMILES string of the molecule is O=CCC=Cc1cccc2c1oc1ccccc12. The third-order valence-electron chi connectivity index (χ3n) is 2.96. The Morgan fingerprint density at radius 2 is 1.83 bits per heavy atom. The van der Waals surface area contributed by atoms with Crippen LogP contribution in [0.5, 0.6) is 0 Å². The van der Waals surface area contributed by atoms with Gasteiger partial charge in [0.15, 0.2) is 0 Å². The molecule has 0 aliphatic rings. The number of benzene rings is 2. The zero-order valence-corrected chi connectivity index (χ0v) is 9.80. The fourth-order valence-corrected chi connectivity index (χ4v) is 2.15. The van der Waals surface area contributed by atoms with Crippen molar-refractivity contribution in [2.75, 3.05) is 0 Å². The van der Waals surface area contributed by atoms with Crippen LogP contribution in [0.3, 0.4) is 0 Å². The molecular weight excluding hydrogens is 224 g/mol. The summed E-state index contributed by atoms with van der Waals surface area (Å²) >= 11 is 0. The number of hydrogen-bond acceptors (Lipinski definition) is 2. The van der Waals surface area contributed by atoms with Crippen LogP contribution in [0.4, 0.5) is 0 Å². The van der Waals surface area contributed by atoms with Gasteiger partial charge < -0.3 is 9.21 Å². The molecule has 0 amide bonds. The molecule has 0 saturated heterocycles. The van der Waals surface area contributed by atoms with Crippen LogP contribution in [-0.4, -0.2) is 6.29 Å². The molecule has 0 bridgehead atoms. The van der Waals surface area contributed by atoms with E-state index in [0.717, 1.165) is 33.8 Å². The highest BCUT2D eigenvalue weighted by atomic mass is 16.3. The number of para-hydroxylation sites is 2. The predicted octanol–water partition coefficient (Wildman–Crippen LogP) is 4.19. The highest BCUT2D eigenvalue weighted by Crippen LogP contribution is 2.31. The van der Waals surface area contributed by atoms with E-state index >= 15 is 0 Å². The van der Waals surface area contributed by atoms with Gasteiger partial charge in [0, 0.05) is 22.8 Å². The first-order chi connectivity index (χ1) is 8.90. The van der Waals surface area contributed by atoms with Gasteiger partial charge in [-0.2, -0.15) is 0 Å². The number of rotatable bonds is 3. The fourth-order valence-electron chi connectivity index (χ4n) is 2.15. The zero-order valence-electron chi connectivity index (χ0n) is 9.80. The number of aldehydes is 1. The summed E-state index contributed by atoms with van der Waals surface area (Å²) in [5, 5.41) is 2.23. The molecule has 1 heterocycles. The van der Waals surface area contributed by atoms with Crippen LogP contribution in [0.25, 0.3) is 28.0 Å². The highest BCUT2D eigenvalue weighted by Gasteiger charge is 2.07. The summed E-state index contributed by atoms with van der Waals surface area (Å²) in [6.07, 6.45) is 5.08. The maximum atomic E-state index is 10.3. The largest absolute Gasteiger partial charge is 0.455 e. The van der Waals surface area contributed by atoms with Gasteiger partial charge in [-0.1, -0.05) is 48.6 Å². The summed E-state index contributed by atoms with van der Waals surface area (Å²) < 4.78 is 5.87. The minimum absolute atomic E-state index is 0.427. The lowest BCUT2D eigenvalue weighted by Crippen LogP contribution is -1.74. The van der Waals surface area contributed by atoms with E-state index in [9.17, 15) is 4.79 Å². The van der Waals surface area contributed by atoms with Crippen LogP contribution in [0, 0.1) is 0 Å². The predicted molar refractivity (Wildman–Crippen MR) is 73.4 cm³/mol. The van der Waals surface area contributed by atoms with Crippen molar-refractivity contribution >= 4 is 34.3 Å². The second-order valence-corrected chi connectivity index (χ2v) is 4.13. The van der Waals surface area contributed by atoms with Crippen molar-refractivity contribution in [2.24, 2.45) is 0 Å². The molecule has 2 heteroatoms. The van der Waals surface area contributed by atoms with Gasteiger partial charge in [0.25, 0.3) is 0 Å². The van der Waals surface area contributed by atoms with Crippen LogP contribution < -0.4 is 0 Å². The number of carbonyl (C=O) groups is 1. The third kappa shape index (κ3) is 1.72. The number of carbonyl (C=O) groups excluding carboxylic acids is 1. The van der Waals surface area contributed by atoms with Crippen molar-refractivity contribution in [3.8, 4) is 0 Å². The van der Waals surface area contributed by atoms with E-state index in [2.05, 4.69) is 12.1 Å². The molecule has 88 valence electrons. The maximum Gasteiger partial charge on any atom is 0.142 e. The molecule has 2 aromatic carbocycles. The van der Waals surface area contributed by atoms with Crippen LogP contribution >= 0.6 is 0 Å². The molecule has 0 aliphatic heterocycles. The molecule has 0 unspecified atom stereocenters. The van der Waals surface area contributed by atoms with Gasteiger partial charge in [-0.25, -0.2) is 0 Å². The first kappa shape index (κ1) is 10.8. The Morgan fingerprint density at radius 1 is 1.00 bits per heavy atom. The summed E-state index contributed by atoms with van der Waals surface area (Å²) in [6, 6.07) is 14.0. The van der Waals surface area contributed by atoms with Gasteiger partial charge >= 0.3 is 0 Å². The summed E-state index contributed by atoms with van der Waals surface area (Å²) in [6.45, 7) is 0. The summed E-state index contributed by atoms with van der Waals surface area (Å²) in [7, 11) is 0. The Balaban J connectivity index is 2.24. The molecule has 0 radical (unpaired) electrons. The van der Waals surface area contributed by atoms with E-state index in [1.165, 1.54) is 0 Å². The van der Waals surface area contributed by atoms with E-state index in [-0.39, 0.29) is 0 Å². The number of allylic oxidation sites excluding steroid dienone is 1. The van der Waals surface area contributed by atoms with Gasteiger partial charge in [0.2, 0.25) is 0 Å². The summed E-state index contributed by atoms with van der Waals surface area (Å²) in [5.41, 5.74) is 2.77. The molecule has 3 rings (SSSR count). The minimum atomic E-state index is 0.427. The number of hydrogen-bond donors (Lipinski definition) is 0. The smallest absolute Gasteiger partial charge is 0.142 e. The van der Waals surface area contributed by atoms with E-state index in [4.69, 9.17) is 4.42 Å². The standard InChI is InChI=1S/C16H12O2/c17-11-4-3-6-12-7-5-9-14-13-8-1-2-10-15(13)18-16(12)14/h1-3,5-11H,4H2. The normalized spacial score (nSPS) is 11.6. The Hall–Kier alpha value is -2.35. The number of furan rings is 1. The summed E-state index contributed by atoms with van der Waals surface area (Å²) in [4.78, 5) is 10.3. The van der Waals surface area contributed by atoms with E-state index in [1.54, 1.807) is 0 Å². The van der Waals surface area contributed by atoms with Crippen LogP contribution in [0.1, 0.15) is 12.0 Å². The Kier molecular flexibility index (Phi) is 2.69. The van der Waals surface area contributed by atoms with Crippen molar-refractivity contribution in [1.29, 1.82) is 0 Å². The van der Waals surface area contributed by atoms with Gasteiger partial charge in [-0.05, 0) is 6.07 Å². The topological polar surface area (TPSA) is 30.2 Å². The molecule has 2 nitrogen and oxygen atoms in total. The highest BCUT2D eigenvalue weighted by molar-refractivity contribution is 6.07. The monoisotopic (exact) mass is 236 g/mol. The van der Waals surface area contributed by atoms with Crippen molar-refractivity contribution in [1.82, 2.24) is 0 Å². The van der Waals surface area contributed by atoms with Gasteiger partial charge in [0.05, 0.1) is 0 Å². The van der Waals surface area contributed by atoms with Crippen molar-refractivity contribution in [2.45, 2.75) is 6.42 Å². The second kappa shape index (κ2) is 4.49. The molecule has 0 aliphatic carbocycles. The first-order valence-electron chi connectivity index (χ1n) is 5.90. The van der Waals surface area contributed by atoms with Crippen LogP contribution in [0.15, 0.2) is 53.0 Å². The van der Waals surface area contributed by atoms with Gasteiger partial charge in [0.1, 0.15) is 17.5 Å². The van der Waals surface area contributed by atoms with E-state index < -0.39 is 0 Å². The average molecular weight is 236 g/mol. The van der Waals surface area contributed by atoms with Crippen molar-refractivity contribution in [3.05, 3.63) is 54.1 Å². The van der Waals surface area contributed by atoms with Crippen LogP contribution in [0.2, 0.25) is 0 Å². The van der Waals surface area contributed by atoms with Gasteiger partial charge in [-0.15, -0.1) is 0 Å². The van der Waals surface area contributed by atoms with E-state index in [0.29, 0.717) is 6.42 Å².